The van der Waals surface area contributed by atoms with Crippen LogP contribution >= 0.6 is 0 Å². The number of piperazine rings is 1. The molecule has 3 aromatic rings. The van der Waals surface area contributed by atoms with Crippen LogP contribution in [-0.2, 0) is 21.1 Å². The fraction of sp³-hybridized carbons (Fsp3) is 0.387. The summed E-state index contributed by atoms with van der Waals surface area (Å²) < 4.78 is 45.7. The van der Waals surface area contributed by atoms with Gasteiger partial charge in [0.2, 0.25) is 0 Å². The van der Waals surface area contributed by atoms with Crippen LogP contribution in [0.25, 0.3) is 11.1 Å². The summed E-state index contributed by atoms with van der Waals surface area (Å²) in [5.41, 5.74) is 1.45. The standard InChI is InChI=1S/C31H35F3N2O2/c1-3-38-29(37)30(2,25-10-5-4-6-11-25)18-9-19-35-20-22-36(23-21-35)26-16-14-24(15-17-26)27-12-7-8-13-28(27)31(32,33)34/h4-8,10-17H,3,9,18-23H2,1-2H3. The summed E-state index contributed by atoms with van der Waals surface area (Å²) in [7, 11) is 0. The Bertz CT molecular complexity index is 1190. The molecule has 0 aliphatic carbocycles. The maximum absolute atomic E-state index is 13.4. The predicted octanol–water partition coefficient (Wildman–Crippen LogP) is 6.80. The molecule has 202 valence electrons. The van der Waals surface area contributed by atoms with Gasteiger partial charge in [0.15, 0.2) is 0 Å². The smallest absolute Gasteiger partial charge is 0.417 e. The average molecular weight is 525 g/mol. The minimum absolute atomic E-state index is 0.183. The van der Waals surface area contributed by atoms with Crippen LogP contribution in [0.5, 0.6) is 0 Å². The van der Waals surface area contributed by atoms with Gasteiger partial charge in [0, 0.05) is 31.9 Å². The summed E-state index contributed by atoms with van der Waals surface area (Å²) in [6.45, 7) is 8.51. The van der Waals surface area contributed by atoms with Gasteiger partial charge < -0.3 is 9.64 Å². The molecule has 0 spiro atoms. The lowest BCUT2D eigenvalue weighted by atomic mass is 9.78. The van der Waals surface area contributed by atoms with Gasteiger partial charge in [-0.1, -0.05) is 60.7 Å². The number of hydrogen-bond donors (Lipinski definition) is 0. The minimum atomic E-state index is -4.39. The SMILES string of the molecule is CCOC(=O)C(C)(CCCN1CCN(c2ccc(-c3ccccc3C(F)(F)F)cc2)CC1)c1ccccc1. The van der Waals surface area contributed by atoms with E-state index in [9.17, 15) is 18.0 Å². The van der Waals surface area contributed by atoms with Gasteiger partial charge >= 0.3 is 12.1 Å². The predicted molar refractivity (Wildman–Crippen MR) is 145 cm³/mol. The Morgan fingerprint density at radius 2 is 1.50 bits per heavy atom. The lowest BCUT2D eigenvalue weighted by Crippen LogP contribution is -2.47. The lowest BCUT2D eigenvalue weighted by molar-refractivity contribution is -0.150. The maximum atomic E-state index is 13.4. The molecule has 3 aromatic carbocycles. The first-order chi connectivity index (χ1) is 18.2. The molecule has 1 atom stereocenters. The molecule has 1 saturated heterocycles. The zero-order valence-corrected chi connectivity index (χ0v) is 22.0. The Morgan fingerprint density at radius 1 is 0.868 bits per heavy atom. The summed E-state index contributed by atoms with van der Waals surface area (Å²) in [6.07, 6.45) is -2.81. The van der Waals surface area contributed by atoms with Crippen LogP contribution in [-0.4, -0.2) is 50.2 Å². The molecule has 0 amide bonds. The lowest BCUT2D eigenvalue weighted by Gasteiger charge is -2.37. The quantitative estimate of drug-likeness (QED) is 0.289. The second kappa shape index (κ2) is 12.0. The molecule has 1 aliphatic heterocycles. The van der Waals surface area contributed by atoms with E-state index in [4.69, 9.17) is 4.74 Å². The number of esters is 1. The number of alkyl halides is 3. The first-order valence-corrected chi connectivity index (χ1v) is 13.2. The zero-order valence-electron chi connectivity index (χ0n) is 22.0. The molecule has 1 aliphatic rings. The third kappa shape index (κ3) is 6.38. The monoisotopic (exact) mass is 524 g/mol. The summed E-state index contributed by atoms with van der Waals surface area (Å²) in [4.78, 5) is 17.5. The topological polar surface area (TPSA) is 32.8 Å². The van der Waals surface area contributed by atoms with E-state index >= 15 is 0 Å². The Hall–Kier alpha value is -3.32. The molecule has 0 N–H and O–H groups in total. The van der Waals surface area contributed by atoms with Gasteiger partial charge in [-0.15, -0.1) is 0 Å². The van der Waals surface area contributed by atoms with Gasteiger partial charge in [0.05, 0.1) is 17.6 Å². The zero-order chi connectivity index (χ0) is 27.2. The van der Waals surface area contributed by atoms with E-state index in [-0.39, 0.29) is 11.5 Å². The number of ether oxygens (including phenoxy) is 1. The fourth-order valence-corrected chi connectivity index (χ4v) is 5.18. The molecule has 0 saturated carbocycles. The van der Waals surface area contributed by atoms with Gasteiger partial charge in [-0.05, 0) is 68.1 Å². The summed E-state index contributed by atoms with van der Waals surface area (Å²) in [5.74, 6) is -0.183. The number of hydrogen-bond acceptors (Lipinski definition) is 4. The van der Waals surface area contributed by atoms with Gasteiger partial charge in [0.25, 0.3) is 0 Å². The number of carbonyl (C=O) groups is 1. The Kier molecular flexibility index (Phi) is 8.77. The number of rotatable bonds is 9. The summed E-state index contributed by atoms with van der Waals surface area (Å²) in [5, 5.41) is 0. The van der Waals surface area contributed by atoms with E-state index in [1.807, 2.05) is 56.3 Å². The molecule has 4 rings (SSSR count). The Labute approximate surface area is 223 Å². The van der Waals surface area contributed by atoms with Crippen molar-refractivity contribution in [2.24, 2.45) is 0 Å². The van der Waals surface area contributed by atoms with Crippen LogP contribution in [0.15, 0.2) is 78.9 Å². The molecular weight excluding hydrogens is 489 g/mol. The van der Waals surface area contributed by atoms with Gasteiger partial charge in [-0.3, -0.25) is 9.69 Å². The molecule has 1 unspecified atom stereocenters. The van der Waals surface area contributed by atoms with Crippen LogP contribution in [0.3, 0.4) is 0 Å². The minimum Gasteiger partial charge on any atom is -0.465 e. The van der Waals surface area contributed by atoms with Crippen molar-refractivity contribution in [2.45, 2.75) is 38.3 Å². The fourth-order valence-electron chi connectivity index (χ4n) is 5.18. The average Bonchev–Trinajstić information content (AvgIpc) is 2.93. The number of nitrogens with zero attached hydrogens (tertiary/aromatic N) is 2. The second-order valence-electron chi connectivity index (χ2n) is 9.94. The van der Waals surface area contributed by atoms with Gasteiger partial charge in [-0.2, -0.15) is 13.2 Å². The summed E-state index contributed by atoms with van der Waals surface area (Å²) >= 11 is 0. The van der Waals surface area contributed by atoms with Crippen LogP contribution in [0.1, 0.15) is 37.8 Å². The van der Waals surface area contributed by atoms with E-state index in [0.29, 0.717) is 18.6 Å². The summed E-state index contributed by atoms with van der Waals surface area (Å²) in [6, 6.07) is 22.9. The number of benzene rings is 3. The van der Waals surface area contributed by atoms with Crippen molar-refractivity contribution in [1.82, 2.24) is 4.90 Å². The van der Waals surface area contributed by atoms with E-state index < -0.39 is 17.2 Å². The third-order valence-corrected chi connectivity index (χ3v) is 7.44. The van der Waals surface area contributed by atoms with Crippen molar-refractivity contribution in [2.75, 3.05) is 44.2 Å². The molecule has 0 bridgehead atoms. The van der Waals surface area contributed by atoms with E-state index in [0.717, 1.165) is 56.5 Å². The van der Waals surface area contributed by atoms with Gasteiger partial charge in [-0.25, -0.2) is 0 Å². The number of carbonyl (C=O) groups excluding carboxylic acids is 1. The molecule has 4 nitrogen and oxygen atoms in total. The molecule has 0 radical (unpaired) electrons. The highest BCUT2D eigenvalue weighted by atomic mass is 19.4. The maximum Gasteiger partial charge on any atom is 0.417 e. The van der Waals surface area contributed by atoms with Crippen molar-refractivity contribution in [3.63, 3.8) is 0 Å². The second-order valence-corrected chi connectivity index (χ2v) is 9.94. The largest absolute Gasteiger partial charge is 0.465 e. The first-order valence-electron chi connectivity index (χ1n) is 13.2. The van der Waals surface area contributed by atoms with Crippen LogP contribution < -0.4 is 4.90 Å². The number of halogens is 3. The normalized spacial score (nSPS) is 16.2. The van der Waals surface area contributed by atoms with Crippen molar-refractivity contribution >= 4 is 11.7 Å². The van der Waals surface area contributed by atoms with E-state index in [2.05, 4.69) is 9.80 Å². The van der Waals surface area contributed by atoms with Crippen LogP contribution in [0.2, 0.25) is 0 Å². The molecular formula is C31H35F3N2O2. The highest BCUT2D eigenvalue weighted by Gasteiger charge is 2.36. The first kappa shape index (κ1) is 27.7. The van der Waals surface area contributed by atoms with Crippen molar-refractivity contribution in [3.05, 3.63) is 90.0 Å². The van der Waals surface area contributed by atoms with Crippen molar-refractivity contribution in [1.29, 1.82) is 0 Å². The molecule has 38 heavy (non-hydrogen) atoms. The molecule has 1 fully saturated rings. The van der Waals surface area contributed by atoms with Gasteiger partial charge in [0.1, 0.15) is 0 Å². The van der Waals surface area contributed by atoms with Crippen molar-refractivity contribution < 1.29 is 22.7 Å². The molecule has 1 heterocycles. The molecule has 0 aromatic heterocycles. The highest BCUT2D eigenvalue weighted by Crippen LogP contribution is 2.37. The van der Waals surface area contributed by atoms with Crippen LogP contribution in [0, 0.1) is 0 Å². The molecule has 7 heteroatoms. The highest BCUT2D eigenvalue weighted by molar-refractivity contribution is 5.82. The van der Waals surface area contributed by atoms with Crippen LogP contribution in [0.4, 0.5) is 18.9 Å². The Balaban J connectivity index is 1.32. The third-order valence-electron chi connectivity index (χ3n) is 7.44. The van der Waals surface area contributed by atoms with E-state index in [1.165, 1.54) is 12.1 Å². The van der Waals surface area contributed by atoms with Crippen molar-refractivity contribution in [3.8, 4) is 11.1 Å². The Morgan fingerprint density at radius 3 is 2.13 bits per heavy atom. The number of anilines is 1. The van der Waals surface area contributed by atoms with E-state index in [1.54, 1.807) is 18.2 Å².